The van der Waals surface area contributed by atoms with Crippen molar-refractivity contribution in [2.75, 3.05) is 7.11 Å². The highest BCUT2D eigenvalue weighted by Gasteiger charge is 2.24. The van der Waals surface area contributed by atoms with Gasteiger partial charge in [-0.2, -0.15) is 0 Å². The fourth-order valence-electron chi connectivity index (χ4n) is 2.04. The van der Waals surface area contributed by atoms with Crippen LogP contribution in [0.1, 0.15) is 26.3 Å². The van der Waals surface area contributed by atoms with Crippen LogP contribution in [0, 0.1) is 23.3 Å². The van der Waals surface area contributed by atoms with Crippen molar-refractivity contribution in [1.29, 1.82) is 0 Å². The third-order valence-electron chi connectivity index (χ3n) is 3.88. The minimum Gasteiger partial charge on any atom is -0.497 e. The molecule has 0 unspecified atom stereocenters. The van der Waals surface area contributed by atoms with Gasteiger partial charge in [0, 0.05) is 5.56 Å². The van der Waals surface area contributed by atoms with Gasteiger partial charge in [-0.15, -0.1) is 5.54 Å². The second-order valence-electron chi connectivity index (χ2n) is 4.90. The molecule has 0 aromatic heterocycles. The van der Waals surface area contributed by atoms with Crippen LogP contribution in [0.15, 0.2) is 24.3 Å². The summed E-state index contributed by atoms with van der Waals surface area (Å²) in [7, 11) is 0.0491. The molecule has 3 heteroatoms. The number of rotatable bonds is 4. The Morgan fingerprint density at radius 1 is 1.05 bits per heavy atom. The predicted molar refractivity (Wildman–Crippen MR) is 89.9 cm³/mol. The smallest absolute Gasteiger partial charge is 0.278 e. The van der Waals surface area contributed by atoms with Crippen molar-refractivity contribution in [2.45, 2.75) is 38.9 Å². The number of ether oxygens (including phenoxy) is 1. The SMILES string of the molecule is CC[Si](C#CC(=O)C#Cc1ccc(OC)cc1)(CC)CC. The first-order valence-electron chi connectivity index (χ1n) is 7.32. The quantitative estimate of drug-likeness (QED) is 0.626. The summed E-state index contributed by atoms with van der Waals surface area (Å²) in [6.07, 6.45) is 0. The molecule has 0 heterocycles. The lowest BCUT2D eigenvalue weighted by atomic mass is 10.2. The fraction of sp³-hybridized carbons (Fsp3) is 0.389. The van der Waals surface area contributed by atoms with Gasteiger partial charge < -0.3 is 4.74 Å². The van der Waals surface area contributed by atoms with Gasteiger partial charge in [0.05, 0.1) is 7.11 Å². The van der Waals surface area contributed by atoms with E-state index >= 15 is 0 Å². The maximum absolute atomic E-state index is 11.8. The van der Waals surface area contributed by atoms with Gasteiger partial charge in [-0.25, -0.2) is 0 Å². The first kappa shape index (κ1) is 17.1. The molecule has 0 radical (unpaired) electrons. The summed E-state index contributed by atoms with van der Waals surface area (Å²) in [5.74, 6) is 8.67. The molecule has 110 valence electrons. The second-order valence-corrected chi connectivity index (χ2v) is 9.83. The van der Waals surface area contributed by atoms with E-state index in [0.29, 0.717) is 0 Å². The van der Waals surface area contributed by atoms with Gasteiger partial charge in [0.25, 0.3) is 5.78 Å². The Balaban J connectivity index is 2.81. The van der Waals surface area contributed by atoms with E-state index in [9.17, 15) is 4.79 Å². The number of benzene rings is 1. The van der Waals surface area contributed by atoms with Crippen LogP contribution in [-0.4, -0.2) is 21.0 Å². The Morgan fingerprint density at radius 2 is 1.62 bits per heavy atom. The van der Waals surface area contributed by atoms with Gasteiger partial charge in [-0.3, -0.25) is 4.79 Å². The molecular formula is C18H22O2Si. The zero-order chi connectivity index (χ0) is 15.7. The summed E-state index contributed by atoms with van der Waals surface area (Å²) >= 11 is 0. The molecule has 0 atom stereocenters. The van der Waals surface area contributed by atoms with Crippen LogP contribution in [0.2, 0.25) is 18.1 Å². The normalized spacial score (nSPS) is 9.90. The van der Waals surface area contributed by atoms with Crippen molar-refractivity contribution in [3.05, 3.63) is 29.8 Å². The molecule has 2 nitrogen and oxygen atoms in total. The molecule has 1 aromatic rings. The molecule has 0 bridgehead atoms. The van der Waals surface area contributed by atoms with Crippen LogP contribution in [0.25, 0.3) is 0 Å². The number of hydrogen-bond donors (Lipinski definition) is 0. The van der Waals surface area contributed by atoms with Crippen LogP contribution in [-0.2, 0) is 4.79 Å². The lowest BCUT2D eigenvalue weighted by Crippen LogP contribution is -2.29. The number of carbonyl (C=O) groups excluding carboxylic acids is 1. The average Bonchev–Trinajstić information content (AvgIpc) is 2.55. The summed E-state index contributed by atoms with van der Waals surface area (Å²) < 4.78 is 5.07. The van der Waals surface area contributed by atoms with Gasteiger partial charge in [-0.1, -0.05) is 26.7 Å². The van der Waals surface area contributed by atoms with Crippen molar-refractivity contribution in [2.24, 2.45) is 0 Å². The van der Waals surface area contributed by atoms with Crippen molar-refractivity contribution in [3.8, 4) is 29.1 Å². The molecule has 0 aliphatic heterocycles. The Kier molecular flexibility index (Phi) is 6.79. The summed E-state index contributed by atoms with van der Waals surface area (Å²) in [5.41, 5.74) is 4.04. The Labute approximate surface area is 128 Å². The number of Topliss-reactive ketones (excluding diaryl/α,β-unsaturated/α-hetero) is 1. The van der Waals surface area contributed by atoms with Crippen LogP contribution >= 0.6 is 0 Å². The molecule has 0 saturated heterocycles. The van der Waals surface area contributed by atoms with E-state index in [1.165, 1.54) is 0 Å². The minimum atomic E-state index is -1.57. The average molecular weight is 298 g/mol. The van der Waals surface area contributed by atoms with Crippen molar-refractivity contribution < 1.29 is 9.53 Å². The zero-order valence-electron chi connectivity index (χ0n) is 13.2. The van der Waals surface area contributed by atoms with E-state index in [-0.39, 0.29) is 5.78 Å². The van der Waals surface area contributed by atoms with Crippen molar-refractivity contribution in [1.82, 2.24) is 0 Å². The molecule has 0 saturated carbocycles. The monoisotopic (exact) mass is 298 g/mol. The number of hydrogen-bond acceptors (Lipinski definition) is 2. The lowest BCUT2D eigenvalue weighted by molar-refractivity contribution is -0.108. The first-order valence-corrected chi connectivity index (χ1v) is 9.94. The summed E-state index contributed by atoms with van der Waals surface area (Å²) in [5, 5.41) is 0. The molecule has 1 rings (SSSR count). The van der Waals surface area contributed by atoms with Gasteiger partial charge >= 0.3 is 0 Å². The van der Waals surface area contributed by atoms with Gasteiger partial charge in [0.2, 0.25) is 0 Å². The van der Waals surface area contributed by atoms with Crippen molar-refractivity contribution in [3.63, 3.8) is 0 Å². The molecular weight excluding hydrogens is 276 g/mol. The first-order chi connectivity index (χ1) is 10.1. The summed E-state index contributed by atoms with van der Waals surface area (Å²) in [6, 6.07) is 10.6. The topological polar surface area (TPSA) is 26.3 Å². The third-order valence-corrected chi connectivity index (χ3v) is 8.60. The second kappa shape index (κ2) is 8.34. The van der Waals surface area contributed by atoms with Gasteiger partial charge in [-0.05, 0) is 54.2 Å². The zero-order valence-corrected chi connectivity index (χ0v) is 14.2. The number of carbonyl (C=O) groups is 1. The number of ketones is 1. The molecule has 1 aromatic carbocycles. The van der Waals surface area contributed by atoms with E-state index in [1.54, 1.807) is 7.11 Å². The molecule has 0 N–H and O–H groups in total. The number of methoxy groups -OCH3 is 1. The highest BCUT2D eigenvalue weighted by atomic mass is 28.3. The Hall–Kier alpha value is -1.97. The van der Waals surface area contributed by atoms with E-state index in [4.69, 9.17) is 4.74 Å². The van der Waals surface area contributed by atoms with E-state index in [0.717, 1.165) is 29.4 Å². The van der Waals surface area contributed by atoms with Crippen molar-refractivity contribution >= 4 is 13.9 Å². The van der Waals surface area contributed by atoms with Crippen LogP contribution in [0.5, 0.6) is 5.75 Å². The van der Waals surface area contributed by atoms with Gasteiger partial charge in [0.1, 0.15) is 13.8 Å². The lowest BCUT2D eigenvalue weighted by Gasteiger charge is -2.19. The molecule has 0 spiro atoms. The Bertz CT molecular complexity index is 582. The maximum Gasteiger partial charge on any atom is 0.278 e. The fourth-order valence-corrected chi connectivity index (χ4v) is 4.45. The molecule has 21 heavy (non-hydrogen) atoms. The highest BCUT2D eigenvalue weighted by molar-refractivity contribution is 6.87. The van der Waals surface area contributed by atoms with E-state index in [2.05, 4.69) is 44.1 Å². The molecule has 0 aliphatic carbocycles. The maximum atomic E-state index is 11.8. The minimum absolute atomic E-state index is 0.293. The highest BCUT2D eigenvalue weighted by Crippen LogP contribution is 2.18. The molecule has 0 aliphatic rings. The van der Waals surface area contributed by atoms with Crippen LogP contribution < -0.4 is 4.74 Å². The third kappa shape index (κ3) is 5.14. The Morgan fingerprint density at radius 3 is 2.10 bits per heavy atom. The van der Waals surface area contributed by atoms with E-state index < -0.39 is 8.07 Å². The summed E-state index contributed by atoms with van der Waals surface area (Å²) in [4.78, 5) is 11.8. The standard InChI is InChI=1S/C18H22O2Si/c1-5-21(6-2,7-3)15-14-17(19)11-8-16-9-12-18(20-4)13-10-16/h9-10,12-13H,5-7H2,1-4H3. The van der Waals surface area contributed by atoms with Crippen LogP contribution in [0.4, 0.5) is 0 Å². The predicted octanol–water partition coefficient (Wildman–Crippen LogP) is 3.67. The van der Waals surface area contributed by atoms with Crippen LogP contribution in [0.3, 0.4) is 0 Å². The van der Waals surface area contributed by atoms with E-state index in [1.807, 2.05) is 24.3 Å². The molecule has 0 amide bonds. The largest absolute Gasteiger partial charge is 0.497 e. The summed E-state index contributed by atoms with van der Waals surface area (Å²) in [6.45, 7) is 6.50. The van der Waals surface area contributed by atoms with Gasteiger partial charge in [0.15, 0.2) is 0 Å². The molecule has 0 fully saturated rings.